The molecule has 3 N–H and O–H groups in total. The second-order valence-electron chi connectivity index (χ2n) is 7.26. The Kier molecular flexibility index (Phi) is 6.74. The van der Waals surface area contributed by atoms with Crippen molar-refractivity contribution >= 4 is 33.2 Å². The van der Waals surface area contributed by atoms with Crippen LogP contribution in [0.25, 0.3) is 0 Å². The molecule has 8 nitrogen and oxygen atoms in total. The molecule has 0 fully saturated rings. The van der Waals surface area contributed by atoms with Crippen LogP contribution < -0.4 is 15.4 Å². The Bertz CT molecular complexity index is 1380. The average Bonchev–Trinajstić information content (AvgIpc) is 3.37. The Morgan fingerprint density at radius 2 is 1.47 bits per heavy atom. The van der Waals surface area contributed by atoms with E-state index in [1.54, 1.807) is 54.6 Å². The van der Waals surface area contributed by atoms with Crippen molar-refractivity contribution in [1.29, 1.82) is 0 Å². The quantitative estimate of drug-likeness (QED) is 0.352. The van der Waals surface area contributed by atoms with Crippen molar-refractivity contribution in [3.05, 3.63) is 114 Å². The second-order valence-corrected chi connectivity index (χ2v) is 8.94. The number of benzene rings is 3. The standard InChI is InChI=1S/C25H21N3O5S/c29-24(18-12-14-19(15-13-18)28-34(31,32)21-8-2-1-3-9-21)27-23-11-5-4-10-22(23)25(30)26-17-20-7-6-16-33-20/h1-16,28H,17H2,(H,26,30)(H,27,29). The third-order valence-corrected chi connectivity index (χ3v) is 6.27. The molecule has 1 aromatic heterocycles. The zero-order valence-electron chi connectivity index (χ0n) is 17.9. The van der Waals surface area contributed by atoms with Crippen molar-refractivity contribution in [1.82, 2.24) is 5.32 Å². The summed E-state index contributed by atoms with van der Waals surface area (Å²) in [4.78, 5) is 25.5. The molecule has 3 aromatic carbocycles. The van der Waals surface area contributed by atoms with Crippen molar-refractivity contribution in [2.24, 2.45) is 0 Å². The highest BCUT2D eigenvalue weighted by molar-refractivity contribution is 7.92. The first-order chi connectivity index (χ1) is 16.4. The van der Waals surface area contributed by atoms with Crippen LogP contribution in [0.2, 0.25) is 0 Å². The summed E-state index contributed by atoms with van der Waals surface area (Å²) in [6.07, 6.45) is 1.52. The topological polar surface area (TPSA) is 118 Å². The Labute approximate surface area is 196 Å². The van der Waals surface area contributed by atoms with Gasteiger partial charge in [-0.1, -0.05) is 30.3 Å². The molecule has 172 valence electrons. The molecule has 0 saturated carbocycles. The highest BCUT2D eigenvalue weighted by Gasteiger charge is 2.16. The molecule has 0 aliphatic heterocycles. The lowest BCUT2D eigenvalue weighted by atomic mass is 10.1. The lowest BCUT2D eigenvalue weighted by molar-refractivity contribution is 0.0949. The van der Waals surface area contributed by atoms with Gasteiger partial charge in [0.15, 0.2) is 0 Å². The number of carbonyl (C=O) groups excluding carboxylic acids is 2. The first-order valence-electron chi connectivity index (χ1n) is 10.3. The van der Waals surface area contributed by atoms with Gasteiger partial charge in [0.1, 0.15) is 5.76 Å². The zero-order chi connectivity index (χ0) is 24.0. The summed E-state index contributed by atoms with van der Waals surface area (Å²) in [5.74, 6) is -0.195. The third-order valence-electron chi connectivity index (χ3n) is 4.88. The first kappa shape index (κ1) is 22.8. The molecule has 0 aliphatic rings. The maximum Gasteiger partial charge on any atom is 0.261 e. The molecular formula is C25H21N3O5S. The fraction of sp³-hybridized carbons (Fsp3) is 0.0400. The molecule has 2 amide bonds. The highest BCUT2D eigenvalue weighted by Crippen LogP contribution is 2.19. The van der Waals surface area contributed by atoms with Gasteiger partial charge >= 0.3 is 0 Å². The van der Waals surface area contributed by atoms with E-state index in [0.29, 0.717) is 28.3 Å². The van der Waals surface area contributed by atoms with Gasteiger partial charge in [0, 0.05) is 11.3 Å². The predicted molar refractivity (Wildman–Crippen MR) is 128 cm³/mol. The average molecular weight is 476 g/mol. The van der Waals surface area contributed by atoms with Gasteiger partial charge in [-0.15, -0.1) is 0 Å². The summed E-state index contributed by atoms with van der Waals surface area (Å²) < 4.78 is 32.6. The number of rotatable bonds is 8. The van der Waals surface area contributed by atoms with Gasteiger partial charge in [-0.2, -0.15) is 0 Å². The van der Waals surface area contributed by atoms with Gasteiger partial charge < -0.3 is 15.1 Å². The van der Waals surface area contributed by atoms with Crippen LogP contribution in [0.15, 0.2) is 107 Å². The highest BCUT2D eigenvalue weighted by atomic mass is 32.2. The molecule has 4 aromatic rings. The monoisotopic (exact) mass is 475 g/mol. The van der Waals surface area contributed by atoms with E-state index in [2.05, 4.69) is 15.4 Å². The second kappa shape index (κ2) is 10.1. The molecule has 0 aliphatic carbocycles. The fourth-order valence-corrected chi connectivity index (χ4v) is 4.24. The van der Waals surface area contributed by atoms with Crippen LogP contribution in [0.1, 0.15) is 26.5 Å². The minimum absolute atomic E-state index is 0.138. The molecule has 0 spiro atoms. The molecule has 0 atom stereocenters. The zero-order valence-corrected chi connectivity index (χ0v) is 18.7. The van der Waals surface area contributed by atoms with E-state index in [1.807, 2.05) is 0 Å². The number of carbonyl (C=O) groups is 2. The maximum absolute atomic E-state index is 12.8. The normalized spacial score (nSPS) is 10.9. The van der Waals surface area contributed by atoms with Gasteiger partial charge in [-0.05, 0) is 60.7 Å². The number of sulfonamides is 1. The van der Waals surface area contributed by atoms with Crippen molar-refractivity contribution in [3.63, 3.8) is 0 Å². The van der Waals surface area contributed by atoms with Gasteiger partial charge in [-0.25, -0.2) is 8.42 Å². The van der Waals surface area contributed by atoms with Crippen LogP contribution in [0.3, 0.4) is 0 Å². The van der Waals surface area contributed by atoms with Crippen molar-refractivity contribution in [2.45, 2.75) is 11.4 Å². The minimum Gasteiger partial charge on any atom is -0.467 e. The number of nitrogens with one attached hydrogen (secondary N) is 3. The van der Waals surface area contributed by atoms with E-state index in [-0.39, 0.29) is 17.3 Å². The SMILES string of the molecule is O=C(Nc1ccccc1C(=O)NCc1ccco1)c1ccc(NS(=O)(=O)c2ccccc2)cc1. The number of hydrogen-bond acceptors (Lipinski definition) is 5. The van der Waals surface area contributed by atoms with Crippen LogP contribution in [0.5, 0.6) is 0 Å². The lowest BCUT2D eigenvalue weighted by Gasteiger charge is -2.12. The van der Waals surface area contributed by atoms with Gasteiger partial charge in [0.25, 0.3) is 21.8 Å². The molecular weight excluding hydrogens is 454 g/mol. The van der Waals surface area contributed by atoms with Crippen LogP contribution in [-0.4, -0.2) is 20.2 Å². The van der Waals surface area contributed by atoms with Gasteiger partial charge in [0.2, 0.25) is 0 Å². The molecule has 0 saturated heterocycles. The van der Waals surface area contributed by atoms with Crippen molar-refractivity contribution < 1.29 is 22.4 Å². The Balaban J connectivity index is 1.43. The van der Waals surface area contributed by atoms with E-state index in [0.717, 1.165) is 0 Å². The number of para-hydroxylation sites is 1. The Morgan fingerprint density at radius 3 is 2.18 bits per heavy atom. The number of amides is 2. The molecule has 9 heteroatoms. The van der Waals surface area contributed by atoms with Crippen LogP contribution in [0, 0.1) is 0 Å². The maximum atomic E-state index is 12.8. The Hall–Kier alpha value is -4.37. The number of anilines is 2. The third kappa shape index (κ3) is 5.51. The van der Waals surface area contributed by atoms with E-state index in [9.17, 15) is 18.0 Å². The van der Waals surface area contributed by atoms with E-state index in [4.69, 9.17) is 4.42 Å². The van der Waals surface area contributed by atoms with E-state index < -0.39 is 15.9 Å². The number of hydrogen-bond donors (Lipinski definition) is 3. The summed E-state index contributed by atoms with van der Waals surface area (Å²) in [5, 5.41) is 5.48. The Morgan fingerprint density at radius 1 is 0.765 bits per heavy atom. The first-order valence-corrected chi connectivity index (χ1v) is 11.8. The smallest absolute Gasteiger partial charge is 0.261 e. The molecule has 0 radical (unpaired) electrons. The summed E-state index contributed by atoms with van der Waals surface area (Å²) >= 11 is 0. The predicted octanol–water partition coefficient (Wildman–Crippen LogP) is 4.26. The van der Waals surface area contributed by atoms with Crippen molar-refractivity contribution in [3.8, 4) is 0 Å². The largest absolute Gasteiger partial charge is 0.467 e. The minimum atomic E-state index is -3.73. The van der Waals surface area contributed by atoms with Crippen LogP contribution >= 0.6 is 0 Å². The van der Waals surface area contributed by atoms with E-state index in [1.165, 1.54) is 42.7 Å². The summed E-state index contributed by atoms with van der Waals surface area (Å²) in [6.45, 7) is 0.217. The molecule has 4 rings (SSSR count). The van der Waals surface area contributed by atoms with Crippen LogP contribution in [0.4, 0.5) is 11.4 Å². The molecule has 34 heavy (non-hydrogen) atoms. The van der Waals surface area contributed by atoms with Gasteiger partial charge in [0.05, 0.1) is 29.0 Å². The lowest BCUT2D eigenvalue weighted by Crippen LogP contribution is -2.24. The summed E-state index contributed by atoms with van der Waals surface area (Å²) in [7, 11) is -3.73. The van der Waals surface area contributed by atoms with E-state index >= 15 is 0 Å². The summed E-state index contributed by atoms with van der Waals surface area (Å²) in [5.41, 5.74) is 1.26. The molecule has 0 bridgehead atoms. The molecule has 1 heterocycles. The van der Waals surface area contributed by atoms with Crippen LogP contribution in [-0.2, 0) is 16.6 Å². The fourth-order valence-electron chi connectivity index (χ4n) is 3.16. The molecule has 0 unspecified atom stereocenters. The van der Waals surface area contributed by atoms with Crippen molar-refractivity contribution in [2.75, 3.05) is 10.0 Å². The summed E-state index contributed by atoms with van der Waals surface area (Å²) in [6, 6.07) is 24.1. The number of furan rings is 1. The van der Waals surface area contributed by atoms with Gasteiger partial charge in [-0.3, -0.25) is 14.3 Å².